The van der Waals surface area contributed by atoms with Crippen molar-refractivity contribution in [2.45, 2.75) is 18.0 Å². The molecule has 0 spiro atoms. The summed E-state index contributed by atoms with van der Waals surface area (Å²) in [6.45, 7) is 1.34. The van der Waals surface area contributed by atoms with Crippen molar-refractivity contribution in [1.82, 2.24) is 4.98 Å². The fraction of sp³-hybridized carbons (Fsp3) is 0.375. The molecule has 7 heteroatoms. The molecule has 3 nitrogen and oxygen atoms in total. The van der Waals surface area contributed by atoms with Crippen molar-refractivity contribution in [3.8, 4) is 0 Å². The minimum absolute atomic E-state index is 0.0606. The van der Waals surface area contributed by atoms with Crippen molar-refractivity contribution in [3.63, 3.8) is 0 Å². The minimum atomic E-state index is -4.58. The van der Waals surface area contributed by atoms with Crippen LogP contribution in [-0.4, -0.2) is 19.7 Å². The molecule has 1 rings (SSSR count). The number of alkyl halides is 3. The van der Waals surface area contributed by atoms with Crippen LogP contribution < -0.4 is 0 Å². The number of halogens is 3. The summed E-state index contributed by atoms with van der Waals surface area (Å²) < 4.78 is 59.0. The Labute approximate surface area is 84.9 Å². The average Bonchev–Trinajstić information content (AvgIpc) is 2.00. The predicted octanol–water partition coefficient (Wildman–Crippen LogP) is 1.81. The number of nitrogens with zero attached hydrogens (tertiary/aromatic N) is 1. The molecule has 0 N–H and O–H groups in total. The third-order valence-electron chi connectivity index (χ3n) is 1.77. The molecular formula is C8H8F3NO2S. The fourth-order valence-corrected chi connectivity index (χ4v) is 1.97. The fourth-order valence-electron chi connectivity index (χ4n) is 1.04. The molecule has 0 aliphatic heterocycles. The summed E-state index contributed by atoms with van der Waals surface area (Å²) in [7, 11) is -3.68. The highest BCUT2D eigenvalue weighted by Gasteiger charge is 2.32. The number of hydrogen-bond acceptors (Lipinski definition) is 3. The van der Waals surface area contributed by atoms with Gasteiger partial charge in [0.15, 0.2) is 9.84 Å². The Kier molecular flexibility index (Phi) is 2.77. The molecule has 84 valence electrons. The van der Waals surface area contributed by atoms with E-state index in [1.807, 2.05) is 0 Å². The summed E-state index contributed by atoms with van der Waals surface area (Å²) in [5, 5.41) is 0. The smallest absolute Gasteiger partial charge is 0.260 e. The maximum absolute atomic E-state index is 12.3. The maximum atomic E-state index is 12.3. The van der Waals surface area contributed by atoms with Crippen LogP contribution in [0, 0.1) is 6.92 Å². The molecule has 1 aromatic heterocycles. The van der Waals surface area contributed by atoms with Crippen LogP contribution in [0.15, 0.2) is 17.2 Å². The van der Waals surface area contributed by atoms with Gasteiger partial charge in [0.1, 0.15) is 0 Å². The average molecular weight is 239 g/mol. The monoisotopic (exact) mass is 239 g/mol. The quantitative estimate of drug-likeness (QED) is 0.750. The van der Waals surface area contributed by atoms with Gasteiger partial charge in [-0.05, 0) is 13.0 Å². The highest BCUT2D eigenvalue weighted by Crippen LogP contribution is 2.30. The van der Waals surface area contributed by atoms with Crippen molar-refractivity contribution >= 4 is 9.84 Å². The highest BCUT2D eigenvalue weighted by atomic mass is 32.2. The summed E-state index contributed by atoms with van der Waals surface area (Å²) in [6.07, 6.45) is -3.12. The number of rotatable bonds is 1. The first-order chi connectivity index (χ1) is 6.62. The van der Waals surface area contributed by atoms with E-state index in [1.165, 1.54) is 6.92 Å². The van der Waals surface area contributed by atoms with Crippen LogP contribution in [0.3, 0.4) is 0 Å². The van der Waals surface area contributed by atoms with Gasteiger partial charge in [-0.3, -0.25) is 4.98 Å². The molecule has 0 radical (unpaired) electrons. The Morgan fingerprint density at radius 2 is 1.87 bits per heavy atom. The highest BCUT2D eigenvalue weighted by molar-refractivity contribution is 7.90. The second kappa shape index (κ2) is 3.48. The van der Waals surface area contributed by atoms with Gasteiger partial charge < -0.3 is 0 Å². The van der Waals surface area contributed by atoms with E-state index in [0.717, 1.165) is 6.26 Å². The topological polar surface area (TPSA) is 47.0 Å². The molecule has 0 aliphatic rings. The van der Waals surface area contributed by atoms with E-state index < -0.39 is 26.5 Å². The van der Waals surface area contributed by atoms with Gasteiger partial charge in [0.05, 0.1) is 16.2 Å². The first-order valence-electron chi connectivity index (χ1n) is 3.86. The molecular weight excluding hydrogens is 231 g/mol. The molecule has 1 heterocycles. The Morgan fingerprint density at radius 3 is 2.27 bits per heavy atom. The normalized spacial score (nSPS) is 12.9. The van der Waals surface area contributed by atoms with E-state index in [2.05, 4.69) is 4.98 Å². The van der Waals surface area contributed by atoms with Gasteiger partial charge in [-0.25, -0.2) is 8.42 Å². The van der Waals surface area contributed by atoms with E-state index >= 15 is 0 Å². The van der Waals surface area contributed by atoms with E-state index in [4.69, 9.17) is 0 Å². The van der Waals surface area contributed by atoms with E-state index in [1.54, 1.807) is 0 Å². The Balaban J connectivity index is 3.43. The Hall–Kier alpha value is -1.11. The zero-order valence-corrected chi connectivity index (χ0v) is 8.78. The van der Waals surface area contributed by atoms with Crippen molar-refractivity contribution in [2.75, 3.05) is 6.26 Å². The van der Waals surface area contributed by atoms with Gasteiger partial charge in [0.25, 0.3) is 0 Å². The molecule has 0 atom stereocenters. The molecule has 0 fully saturated rings. The van der Waals surface area contributed by atoms with Gasteiger partial charge in [-0.1, -0.05) is 0 Å². The molecule has 0 amide bonds. The molecule has 0 bridgehead atoms. The summed E-state index contributed by atoms with van der Waals surface area (Å²) >= 11 is 0. The number of aryl methyl sites for hydroxylation is 1. The number of aromatic nitrogens is 1. The SMILES string of the molecule is Cc1ncc(C(F)(F)F)cc1S(C)(=O)=O. The van der Waals surface area contributed by atoms with Crippen molar-refractivity contribution in [2.24, 2.45) is 0 Å². The van der Waals surface area contributed by atoms with Crippen LogP contribution >= 0.6 is 0 Å². The van der Waals surface area contributed by atoms with E-state index in [-0.39, 0.29) is 5.69 Å². The zero-order valence-electron chi connectivity index (χ0n) is 7.96. The second-order valence-electron chi connectivity index (χ2n) is 3.08. The summed E-state index contributed by atoms with van der Waals surface area (Å²) in [6, 6.07) is 0.595. The first kappa shape index (κ1) is 12.0. The van der Waals surface area contributed by atoms with Gasteiger partial charge in [-0.2, -0.15) is 13.2 Å². The zero-order chi connectivity index (χ0) is 11.9. The third-order valence-corrected chi connectivity index (χ3v) is 2.98. The lowest BCUT2D eigenvalue weighted by Crippen LogP contribution is -2.10. The van der Waals surface area contributed by atoms with Crippen LogP contribution in [0.2, 0.25) is 0 Å². The molecule has 0 saturated heterocycles. The van der Waals surface area contributed by atoms with Crippen LogP contribution in [0.5, 0.6) is 0 Å². The van der Waals surface area contributed by atoms with Gasteiger partial charge >= 0.3 is 6.18 Å². The maximum Gasteiger partial charge on any atom is 0.417 e. The van der Waals surface area contributed by atoms with Crippen LogP contribution in [-0.2, 0) is 16.0 Å². The van der Waals surface area contributed by atoms with Crippen molar-refractivity contribution in [3.05, 3.63) is 23.5 Å². The van der Waals surface area contributed by atoms with E-state index in [9.17, 15) is 21.6 Å². The molecule has 0 saturated carbocycles. The van der Waals surface area contributed by atoms with Crippen LogP contribution in [0.4, 0.5) is 13.2 Å². The lowest BCUT2D eigenvalue weighted by molar-refractivity contribution is -0.138. The number of pyridine rings is 1. The summed E-state index contributed by atoms with van der Waals surface area (Å²) in [5.41, 5.74) is -1.00. The van der Waals surface area contributed by atoms with Crippen molar-refractivity contribution < 1.29 is 21.6 Å². The molecule has 0 unspecified atom stereocenters. The van der Waals surface area contributed by atoms with Crippen molar-refractivity contribution in [1.29, 1.82) is 0 Å². The van der Waals surface area contributed by atoms with Gasteiger partial charge in [0, 0.05) is 12.5 Å². The Bertz CT molecular complexity index is 479. The first-order valence-corrected chi connectivity index (χ1v) is 5.75. The summed E-state index contributed by atoms with van der Waals surface area (Å²) in [5.74, 6) is 0. The largest absolute Gasteiger partial charge is 0.417 e. The molecule has 0 aliphatic carbocycles. The van der Waals surface area contributed by atoms with Gasteiger partial charge in [0.2, 0.25) is 0 Å². The van der Waals surface area contributed by atoms with E-state index in [0.29, 0.717) is 12.3 Å². The lowest BCUT2D eigenvalue weighted by Gasteiger charge is -2.09. The number of sulfone groups is 1. The van der Waals surface area contributed by atoms with Crippen LogP contribution in [0.25, 0.3) is 0 Å². The molecule has 1 aromatic rings. The molecule has 15 heavy (non-hydrogen) atoms. The third kappa shape index (κ3) is 2.68. The number of hydrogen-bond donors (Lipinski definition) is 0. The standard InChI is InChI=1S/C8H8F3NO2S/c1-5-7(15(2,13)14)3-6(4-12-5)8(9,10)11/h3-4H,1-2H3. The molecule has 0 aromatic carbocycles. The predicted molar refractivity (Wildman–Crippen MR) is 47.1 cm³/mol. The van der Waals surface area contributed by atoms with Crippen LogP contribution in [0.1, 0.15) is 11.3 Å². The summed E-state index contributed by atoms with van der Waals surface area (Å²) in [4.78, 5) is 3.02. The van der Waals surface area contributed by atoms with Gasteiger partial charge in [-0.15, -0.1) is 0 Å². The Morgan fingerprint density at radius 1 is 1.33 bits per heavy atom. The minimum Gasteiger partial charge on any atom is -0.260 e. The lowest BCUT2D eigenvalue weighted by atomic mass is 10.2. The second-order valence-corrected chi connectivity index (χ2v) is 5.06.